The van der Waals surface area contributed by atoms with Crippen LogP contribution in [-0.4, -0.2) is 67.7 Å². The van der Waals surface area contributed by atoms with Crippen molar-refractivity contribution in [3.05, 3.63) is 59.7 Å². The van der Waals surface area contributed by atoms with E-state index in [1.165, 1.54) is 6.92 Å². The van der Waals surface area contributed by atoms with Crippen LogP contribution in [-0.2, 0) is 47.7 Å². The number of allylic oxidation sites excluding steroid dienone is 2. The second-order valence-electron chi connectivity index (χ2n) is 10.1. The van der Waals surface area contributed by atoms with Crippen molar-refractivity contribution in [1.29, 1.82) is 0 Å². The van der Waals surface area contributed by atoms with E-state index in [1.807, 2.05) is 31.2 Å². The first-order valence-electron chi connectivity index (χ1n) is 14.4. The standard InChI is InChI=1S/C33H38O12/c1-8-26(22-10-14-24(15-11-22)40-18(3)34)27(9-2)23-12-16-25(17-13-23)44-33-31(43-21(6)37)29(42-20(5)36)28(41-19(4)35)30(45-33)32(38)39-7/h10-17,28-31,33H,8-9H2,1-7H3. The molecule has 1 saturated heterocycles. The van der Waals surface area contributed by atoms with Crippen molar-refractivity contribution in [2.45, 2.75) is 85.1 Å². The van der Waals surface area contributed by atoms with E-state index in [1.54, 1.807) is 24.3 Å². The van der Waals surface area contributed by atoms with Crippen LogP contribution in [0.3, 0.4) is 0 Å². The quantitative estimate of drug-likeness (QED) is 0.150. The lowest BCUT2D eigenvalue weighted by molar-refractivity contribution is -0.282. The second-order valence-corrected chi connectivity index (χ2v) is 10.1. The van der Waals surface area contributed by atoms with Crippen molar-refractivity contribution in [3.8, 4) is 11.5 Å². The van der Waals surface area contributed by atoms with Crippen LogP contribution in [0, 0.1) is 0 Å². The van der Waals surface area contributed by atoms with E-state index >= 15 is 0 Å². The smallest absolute Gasteiger partial charge is 0.339 e. The molecule has 0 bridgehead atoms. The highest BCUT2D eigenvalue weighted by Crippen LogP contribution is 2.35. The number of carbonyl (C=O) groups excluding carboxylic acids is 5. The molecule has 45 heavy (non-hydrogen) atoms. The number of ether oxygens (including phenoxy) is 7. The van der Waals surface area contributed by atoms with E-state index in [4.69, 9.17) is 33.2 Å². The molecule has 0 saturated carbocycles. The van der Waals surface area contributed by atoms with E-state index in [-0.39, 0.29) is 5.75 Å². The molecule has 12 heteroatoms. The van der Waals surface area contributed by atoms with Crippen LogP contribution >= 0.6 is 0 Å². The molecule has 0 spiro atoms. The molecule has 0 amide bonds. The maximum Gasteiger partial charge on any atom is 0.339 e. The fraction of sp³-hybridized carbons (Fsp3) is 0.424. The van der Waals surface area contributed by atoms with Crippen LogP contribution in [0.5, 0.6) is 11.5 Å². The summed E-state index contributed by atoms with van der Waals surface area (Å²) in [4.78, 5) is 60.0. The number of methoxy groups -OCH3 is 1. The summed E-state index contributed by atoms with van der Waals surface area (Å²) in [5.41, 5.74) is 4.10. The van der Waals surface area contributed by atoms with Crippen LogP contribution in [0.4, 0.5) is 0 Å². The third-order valence-electron chi connectivity index (χ3n) is 6.83. The Kier molecular flexibility index (Phi) is 12.2. The molecule has 242 valence electrons. The van der Waals surface area contributed by atoms with Gasteiger partial charge in [-0.2, -0.15) is 0 Å². The third-order valence-corrected chi connectivity index (χ3v) is 6.83. The number of benzene rings is 2. The molecule has 2 aromatic rings. The fourth-order valence-electron chi connectivity index (χ4n) is 5.12. The zero-order valence-corrected chi connectivity index (χ0v) is 26.3. The monoisotopic (exact) mass is 626 g/mol. The van der Waals surface area contributed by atoms with Crippen LogP contribution < -0.4 is 9.47 Å². The van der Waals surface area contributed by atoms with Gasteiger partial charge in [0.25, 0.3) is 0 Å². The summed E-state index contributed by atoms with van der Waals surface area (Å²) < 4.78 is 38.0. The average Bonchev–Trinajstić information content (AvgIpc) is 2.98. The highest BCUT2D eigenvalue weighted by atomic mass is 16.7. The van der Waals surface area contributed by atoms with Crippen molar-refractivity contribution in [1.82, 2.24) is 0 Å². The van der Waals surface area contributed by atoms with Gasteiger partial charge >= 0.3 is 29.8 Å². The number of hydrogen-bond donors (Lipinski definition) is 0. The van der Waals surface area contributed by atoms with E-state index < -0.39 is 60.6 Å². The van der Waals surface area contributed by atoms with Gasteiger partial charge in [0, 0.05) is 27.7 Å². The topological polar surface area (TPSA) is 150 Å². The van der Waals surface area contributed by atoms with Gasteiger partial charge in [-0.3, -0.25) is 19.2 Å². The molecule has 0 N–H and O–H groups in total. The molecule has 0 aromatic heterocycles. The summed E-state index contributed by atoms with van der Waals surface area (Å²) >= 11 is 0. The molecular weight excluding hydrogens is 588 g/mol. The van der Waals surface area contributed by atoms with Crippen LogP contribution in [0.25, 0.3) is 11.1 Å². The predicted molar refractivity (Wildman–Crippen MR) is 160 cm³/mol. The van der Waals surface area contributed by atoms with Crippen LogP contribution in [0.2, 0.25) is 0 Å². The first-order valence-corrected chi connectivity index (χ1v) is 14.4. The summed E-state index contributed by atoms with van der Waals surface area (Å²) in [5, 5.41) is 0. The zero-order chi connectivity index (χ0) is 33.3. The Bertz CT molecular complexity index is 1410. The first kappa shape index (κ1) is 34.8. The highest BCUT2D eigenvalue weighted by Gasteiger charge is 2.55. The minimum Gasteiger partial charge on any atom is -0.467 e. The van der Waals surface area contributed by atoms with Gasteiger partial charge in [0.05, 0.1) is 7.11 Å². The summed E-state index contributed by atoms with van der Waals surface area (Å²) in [7, 11) is 1.11. The summed E-state index contributed by atoms with van der Waals surface area (Å²) in [6, 6.07) is 14.4. The Morgan fingerprint density at radius 3 is 1.49 bits per heavy atom. The number of carbonyl (C=O) groups is 5. The fourth-order valence-corrected chi connectivity index (χ4v) is 5.12. The molecule has 12 nitrogen and oxygen atoms in total. The predicted octanol–water partition coefficient (Wildman–Crippen LogP) is 4.41. The third kappa shape index (κ3) is 9.15. The molecule has 3 rings (SSSR count). The van der Waals surface area contributed by atoms with Crippen LogP contribution in [0.15, 0.2) is 48.5 Å². The highest BCUT2D eigenvalue weighted by molar-refractivity contribution is 5.91. The summed E-state index contributed by atoms with van der Waals surface area (Å²) in [5.74, 6) is -2.90. The van der Waals surface area contributed by atoms with Crippen molar-refractivity contribution in [2.75, 3.05) is 7.11 Å². The zero-order valence-electron chi connectivity index (χ0n) is 26.3. The van der Waals surface area contributed by atoms with Gasteiger partial charge < -0.3 is 33.2 Å². The molecule has 5 atom stereocenters. The van der Waals surface area contributed by atoms with Gasteiger partial charge in [-0.25, -0.2) is 4.79 Å². The van der Waals surface area contributed by atoms with Crippen molar-refractivity contribution in [3.63, 3.8) is 0 Å². The lowest BCUT2D eigenvalue weighted by atomic mass is 9.91. The van der Waals surface area contributed by atoms with Crippen LogP contribution in [0.1, 0.15) is 65.5 Å². The number of hydrogen-bond acceptors (Lipinski definition) is 12. The maximum atomic E-state index is 12.7. The van der Waals surface area contributed by atoms with E-state index in [0.29, 0.717) is 5.75 Å². The molecule has 2 aromatic carbocycles. The Morgan fingerprint density at radius 2 is 1.07 bits per heavy atom. The normalized spacial score (nSPS) is 21.4. The Labute approximate surface area is 261 Å². The molecule has 1 heterocycles. The van der Waals surface area contributed by atoms with E-state index in [9.17, 15) is 24.0 Å². The molecule has 1 aliphatic heterocycles. The number of rotatable bonds is 11. The average molecular weight is 627 g/mol. The summed E-state index contributed by atoms with van der Waals surface area (Å²) in [6.45, 7) is 8.80. The lowest BCUT2D eigenvalue weighted by Gasteiger charge is -2.43. The maximum absolute atomic E-state index is 12.7. The molecule has 0 aliphatic carbocycles. The number of esters is 5. The van der Waals surface area contributed by atoms with E-state index in [0.717, 1.165) is 63.0 Å². The van der Waals surface area contributed by atoms with Crippen molar-refractivity contribution < 1.29 is 57.1 Å². The molecule has 1 fully saturated rings. The Balaban J connectivity index is 1.96. The van der Waals surface area contributed by atoms with E-state index in [2.05, 4.69) is 6.92 Å². The SMILES string of the molecule is CCC(=C(CC)c1ccc(OC2OC(C(=O)OC)C(OC(C)=O)C(OC(C)=O)C2OC(C)=O)cc1)c1ccc(OC(C)=O)cc1. The van der Waals surface area contributed by atoms with Gasteiger partial charge in [-0.1, -0.05) is 38.1 Å². The van der Waals surface area contributed by atoms with Gasteiger partial charge in [0.15, 0.2) is 18.3 Å². The molecule has 0 radical (unpaired) electrons. The van der Waals surface area contributed by atoms with Gasteiger partial charge in [0.2, 0.25) is 12.4 Å². The molecule has 5 unspecified atom stereocenters. The molecule has 1 aliphatic rings. The largest absolute Gasteiger partial charge is 0.467 e. The molecular formula is C33H38O12. The minimum atomic E-state index is -1.56. The van der Waals surface area contributed by atoms with Crippen molar-refractivity contribution in [2.24, 2.45) is 0 Å². The van der Waals surface area contributed by atoms with Crippen molar-refractivity contribution >= 4 is 41.0 Å². The Morgan fingerprint density at radius 1 is 0.622 bits per heavy atom. The second kappa shape index (κ2) is 15.8. The lowest BCUT2D eigenvalue weighted by Crippen LogP contribution is -2.64. The first-order chi connectivity index (χ1) is 21.4. The van der Waals surface area contributed by atoms with Gasteiger partial charge in [-0.15, -0.1) is 0 Å². The van der Waals surface area contributed by atoms with Gasteiger partial charge in [0.1, 0.15) is 11.5 Å². The van der Waals surface area contributed by atoms with Gasteiger partial charge in [-0.05, 0) is 59.4 Å². The summed E-state index contributed by atoms with van der Waals surface area (Å²) in [6.07, 6.45) is -5.91. The Hall–Kier alpha value is -4.71. The minimum absolute atomic E-state index is 0.288.